The summed E-state index contributed by atoms with van der Waals surface area (Å²) in [5, 5.41) is 12.3. The van der Waals surface area contributed by atoms with Crippen LogP contribution in [-0.4, -0.2) is 17.0 Å². The average molecular weight is 354 g/mol. The van der Waals surface area contributed by atoms with Gasteiger partial charge in [-0.25, -0.2) is 0 Å². The molecule has 5 heteroatoms. The third-order valence-corrected chi connectivity index (χ3v) is 4.64. The van der Waals surface area contributed by atoms with Crippen molar-refractivity contribution in [2.45, 2.75) is 45.1 Å². The summed E-state index contributed by atoms with van der Waals surface area (Å²) < 4.78 is 0.962. The highest BCUT2D eigenvalue weighted by atomic mass is 79.9. The van der Waals surface area contributed by atoms with Crippen LogP contribution in [0.1, 0.15) is 44.1 Å². The SMILES string of the molecule is O=C(CC1(C(=O)O)CCCCC1)NCc1cccc(Br)c1. The van der Waals surface area contributed by atoms with Gasteiger partial charge in [-0.05, 0) is 30.5 Å². The van der Waals surface area contributed by atoms with E-state index in [4.69, 9.17) is 0 Å². The molecule has 0 heterocycles. The highest BCUT2D eigenvalue weighted by molar-refractivity contribution is 9.10. The molecule has 1 amide bonds. The molecule has 4 nitrogen and oxygen atoms in total. The third kappa shape index (κ3) is 4.30. The van der Waals surface area contributed by atoms with Crippen LogP contribution in [0.25, 0.3) is 0 Å². The summed E-state index contributed by atoms with van der Waals surface area (Å²) in [4.78, 5) is 23.6. The molecule has 0 radical (unpaired) electrons. The molecule has 1 saturated carbocycles. The molecular weight excluding hydrogens is 334 g/mol. The topological polar surface area (TPSA) is 66.4 Å². The summed E-state index contributed by atoms with van der Waals surface area (Å²) >= 11 is 3.39. The second kappa shape index (κ2) is 7.07. The second-order valence-electron chi connectivity index (χ2n) is 5.73. The number of rotatable bonds is 5. The highest BCUT2D eigenvalue weighted by Crippen LogP contribution is 2.39. The maximum absolute atomic E-state index is 12.1. The van der Waals surface area contributed by atoms with Crippen LogP contribution in [0.2, 0.25) is 0 Å². The predicted octanol–water partition coefficient (Wildman–Crippen LogP) is 3.49. The molecule has 2 rings (SSSR count). The van der Waals surface area contributed by atoms with Gasteiger partial charge in [0.25, 0.3) is 0 Å². The van der Waals surface area contributed by atoms with Gasteiger partial charge in [-0.1, -0.05) is 47.3 Å². The van der Waals surface area contributed by atoms with Crippen LogP contribution in [-0.2, 0) is 16.1 Å². The standard InChI is InChI=1S/C16H20BrNO3/c17-13-6-4-5-12(9-13)11-18-14(19)10-16(15(20)21)7-2-1-3-8-16/h4-6,9H,1-3,7-8,10-11H2,(H,18,19)(H,20,21). The number of hydrogen-bond donors (Lipinski definition) is 2. The molecule has 1 aromatic carbocycles. The molecule has 1 aliphatic rings. The Morgan fingerprint density at radius 1 is 1.24 bits per heavy atom. The van der Waals surface area contributed by atoms with Crippen molar-refractivity contribution in [2.75, 3.05) is 0 Å². The van der Waals surface area contributed by atoms with Crippen molar-refractivity contribution in [3.8, 4) is 0 Å². The van der Waals surface area contributed by atoms with E-state index in [-0.39, 0.29) is 12.3 Å². The highest BCUT2D eigenvalue weighted by Gasteiger charge is 2.41. The summed E-state index contributed by atoms with van der Waals surface area (Å²) in [6.45, 7) is 0.425. The van der Waals surface area contributed by atoms with Crippen molar-refractivity contribution in [2.24, 2.45) is 5.41 Å². The number of carboxylic acid groups (broad SMARTS) is 1. The minimum Gasteiger partial charge on any atom is -0.481 e. The number of carbonyl (C=O) groups excluding carboxylic acids is 1. The normalized spacial score (nSPS) is 17.2. The van der Waals surface area contributed by atoms with Crippen LogP contribution in [0.4, 0.5) is 0 Å². The van der Waals surface area contributed by atoms with Gasteiger partial charge < -0.3 is 10.4 Å². The molecule has 0 spiro atoms. The van der Waals surface area contributed by atoms with Crippen LogP contribution in [0.5, 0.6) is 0 Å². The van der Waals surface area contributed by atoms with Gasteiger partial charge >= 0.3 is 5.97 Å². The minimum atomic E-state index is -0.862. The summed E-state index contributed by atoms with van der Waals surface area (Å²) in [5.41, 5.74) is 0.130. The quantitative estimate of drug-likeness (QED) is 0.851. The van der Waals surface area contributed by atoms with E-state index >= 15 is 0 Å². The number of hydrogen-bond acceptors (Lipinski definition) is 2. The van der Waals surface area contributed by atoms with Gasteiger partial charge in [0.15, 0.2) is 0 Å². The zero-order valence-corrected chi connectivity index (χ0v) is 13.5. The van der Waals surface area contributed by atoms with E-state index in [1.165, 1.54) is 0 Å². The lowest BCUT2D eigenvalue weighted by atomic mass is 9.71. The largest absolute Gasteiger partial charge is 0.481 e. The molecule has 0 aliphatic heterocycles. The molecule has 114 valence electrons. The predicted molar refractivity (Wildman–Crippen MR) is 83.8 cm³/mol. The lowest BCUT2D eigenvalue weighted by molar-refractivity contribution is -0.154. The van der Waals surface area contributed by atoms with Crippen LogP contribution in [0.15, 0.2) is 28.7 Å². The molecule has 2 N–H and O–H groups in total. The van der Waals surface area contributed by atoms with Crippen LogP contribution < -0.4 is 5.32 Å². The molecule has 1 aromatic rings. The number of aliphatic carboxylic acids is 1. The molecular formula is C16H20BrNO3. The first-order chi connectivity index (χ1) is 10.0. The second-order valence-corrected chi connectivity index (χ2v) is 6.65. The monoisotopic (exact) mass is 353 g/mol. The van der Waals surface area contributed by atoms with Gasteiger partial charge in [0.2, 0.25) is 5.91 Å². The summed E-state index contributed by atoms with van der Waals surface area (Å²) in [6, 6.07) is 7.70. The van der Waals surface area contributed by atoms with Crippen LogP contribution in [0, 0.1) is 5.41 Å². The first-order valence-corrected chi connectivity index (χ1v) is 8.06. The smallest absolute Gasteiger partial charge is 0.310 e. The van der Waals surface area contributed by atoms with Crippen molar-refractivity contribution in [3.63, 3.8) is 0 Å². The maximum atomic E-state index is 12.1. The van der Waals surface area contributed by atoms with Crippen molar-refractivity contribution in [1.82, 2.24) is 5.32 Å². The first-order valence-electron chi connectivity index (χ1n) is 7.26. The number of carboxylic acids is 1. The molecule has 21 heavy (non-hydrogen) atoms. The van der Waals surface area contributed by atoms with E-state index in [1.54, 1.807) is 0 Å². The lowest BCUT2D eigenvalue weighted by Gasteiger charge is -2.32. The minimum absolute atomic E-state index is 0.0797. The fourth-order valence-corrected chi connectivity index (χ4v) is 3.36. The van der Waals surface area contributed by atoms with E-state index in [9.17, 15) is 14.7 Å². The average Bonchev–Trinajstić information content (AvgIpc) is 2.46. The van der Waals surface area contributed by atoms with Crippen LogP contribution in [0.3, 0.4) is 0 Å². The first kappa shape index (κ1) is 16.0. The number of nitrogens with one attached hydrogen (secondary N) is 1. The van der Waals surface area contributed by atoms with E-state index in [0.717, 1.165) is 29.3 Å². The van der Waals surface area contributed by atoms with Crippen molar-refractivity contribution >= 4 is 27.8 Å². The zero-order chi connectivity index (χ0) is 15.3. The van der Waals surface area contributed by atoms with Gasteiger partial charge in [-0.15, -0.1) is 0 Å². The van der Waals surface area contributed by atoms with Gasteiger partial charge in [0, 0.05) is 17.4 Å². The number of benzene rings is 1. The van der Waals surface area contributed by atoms with E-state index in [2.05, 4.69) is 21.2 Å². The molecule has 0 saturated heterocycles. The fourth-order valence-electron chi connectivity index (χ4n) is 2.91. The van der Waals surface area contributed by atoms with Crippen molar-refractivity contribution in [3.05, 3.63) is 34.3 Å². The Bertz CT molecular complexity index is 524. The van der Waals surface area contributed by atoms with E-state index in [1.807, 2.05) is 24.3 Å². The van der Waals surface area contributed by atoms with Crippen LogP contribution >= 0.6 is 15.9 Å². The lowest BCUT2D eigenvalue weighted by Crippen LogP contribution is -2.39. The third-order valence-electron chi connectivity index (χ3n) is 4.14. The fraction of sp³-hybridized carbons (Fsp3) is 0.500. The van der Waals surface area contributed by atoms with E-state index in [0.29, 0.717) is 19.4 Å². The molecule has 1 fully saturated rings. The number of amides is 1. The number of carbonyl (C=O) groups is 2. The Hall–Kier alpha value is -1.36. The maximum Gasteiger partial charge on any atom is 0.310 e. The molecule has 0 unspecified atom stereocenters. The number of halogens is 1. The van der Waals surface area contributed by atoms with Gasteiger partial charge in [0.1, 0.15) is 0 Å². The molecule has 1 aliphatic carbocycles. The van der Waals surface area contributed by atoms with Gasteiger partial charge in [-0.2, -0.15) is 0 Å². The zero-order valence-electron chi connectivity index (χ0n) is 11.9. The molecule has 0 atom stereocenters. The van der Waals surface area contributed by atoms with E-state index < -0.39 is 11.4 Å². The Balaban J connectivity index is 1.92. The molecule has 0 aromatic heterocycles. The summed E-state index contributed by atoms with van der Waals surface area (Å²) in [7, 11) is 0. The Labute approximate surface area is 133 Å². The Kier molecular flexibility index (Phi) is 5.39. The van der Waals surface area contributed by atoms with Gasteiger partial charge in [0.05, 0.1) is 5.41 Å². The van der Waals surface area contributed by atoms with Crippen molar-refractivity contribution in [1.29, 1.82) is 0 Å². The Morgan fingerprint density at radius 2 is 1.95 bits per heavy atom. The summed E-state index contributed by atoms with van der Waals surface area (Å²) in [6.07, 6.45) is 4.14. The summed E-state index contributed by atoms with van der Waals surface area (Å²) in [5.74, 6) is -1.01. The molecule has 0 bridgehead atoms. The Morgan fingerprint density at radius 3 is 2.57 bits per heavy atom. The van der Waals surface area contributed by atoms with Crippen molar-refractivity contribution < 1.29 is 14.7 Å². The van der Waals surface area contributed by atoms with Gasteiger partial charge in [-0.3, -0.25) is 9.59 Å².